The van der Waals surface area contributed by atoms with Gasteiger partial charge in [0.2, 0.25) is 5.91 Å². The summed E-state index contributed by atoms with van der Waals surface area (Å²) in [6, 6.07) is 3.23. The van der Waals surface area contributed by atoms with Gasteiger partial charge < -0.3 is 9.88 Å². The summed E-state index contributed by atoms with van der Waals surface area (Å²) < 4.78 is 29.1. The van der Waals surface area contributed by atoms with Gasteiger partial charge in [0.15, 0.2) is 5.82 Å². The van der Waals surface area contributed by atoms with Crippen LogP contribution in [-0.4, -0.2) is 39.5 Å². The molecule has 2 aliphatic heterocycles. The zero-order chi connectivity index (χ0) is 19.0. The first-order valence-electron chi connectivity index (χ1n) is 9.60. The molecule has 0 bridgehead atoms. The van der Waals surface area contributed by atoms with Crippen molar-refractivity contribution >= 4 is 11.7 Å². The highest BCUT2D eigenvalue weighted by molar-refractivity contribution is 5.93. The summed E-state index contributed by atoms with van der Waals surface area (Å²) >= 11 is 0. The van der Waals surface area contributed by atoms with Crippen LogP contribution in [-0.2, 0) is 11.2 Å². The summed E-state index contributed by atoms with van der Waals surface area (Å²) in [6.07, 6.45) is 6.70. The second-order valence-electron chi connectivity index (χ2n) is 7.47. The Morgan fingerprint density at radius 2 is 1.89 bits per heavy atom. The summed E-state index contributed by atoms with van der Waals surface area (Å²) in [5, 5.41) is 2.90. The molecule has 0 aliphatic carbocycles. The third-order valence-corrected chi connectivity index (χ3v) is 5.62. The number of anilines is 1. The maximum Gasteiger partial charge on any atom is 0.242 e. The molecule has 2 atom stereocenters. The lowest BCUT2D eigenvalue weighted by molar-refractivity contribution is -0.121. The highest BCUT2D eigenvalue weighted by Gasteiger charge is 2.28. The normalized spacial score (nSPS) is 21.1. The first-order valence-corrected chi connectivity index (χ1v) is 9.60. The highest BCUT2D eigenvalue weighted by Crippen LogP contribution is 2.33. The lowest BCUT2D eigenvalue weighted by Crippen LogP contribution is -2.44. The standard InChI is InChI=1S/C20H24F2N4O/c1-13(25-7-3-2-4-8-25)20(27)24-18-12-26-17(5-6-19(26)23-18)14-9-15(21)11-16(22)10-14/h9-13,17H,2-8H2,1H3,(H,24,27)/t13-,17-/m1/s1. The van der Waals surface area contributed by atoms with Crippen molar-refractivity contribution in [1.82, 2.24) is 14.5 Å². The summed E-state index contributed by atoms with van der Waals surface area (Å²) in [5.41, 5.74) is 0.586. The number of hydrogen-bond donors (Lipinski definition) is 1. The van der Waals surface area contributed by atoms with Crippen molar-refractivity contribution in [3.63, 3.8) is 0 Å². The average molecular weight is 374 g/mol. The van der Waals surface area contributed by atoms with Crippen LogP contribution < -0.4 is 5.32 Å². The molecule has 2 aliphatic rings. The predicted octanol–water partition coefficient (Wildman–Crippen LogP) is 3.51. The number of aromatic nitrogens is 2. The molecule has 1 N–H and O–H groups in total. The molecular weight excluding hydrogens is 350 g/mol. The SMILES string of the molecule is C[C@H](C(=O)Nc1cn2c(n1)CC[C@@H]2c1cc(F)cc(F)c1)N1CCCCC1. The fourth-order valence-corrected chi connectivity index (χ4v) is 4.15. The number of rotatable bonds is 4. The number of aryl methyl sites for hydroxylation is 1. The number of imidazole rings is 1. The zero-order valence-electron chi connectivity index (χ0n) is 15.4. The smallest absolute Gasteiger partial charge is 0.242 e. The molecule has 27 heavy (non-hydrogen) atoms. The Bertz CT molecular complexity index is 824. The molecule has 1 aromatic heterocycles. The minimum atomic E-state index is -0.581. The van der Waals surface area contributed by atoms with E-state index in [1.165, 1.54) is 18.6 Å². The molecule has 1 fully saturated rings. The van der Waals surface area contributed by atoms with Gasteiger partial charge >= 0.3 is 0 Å². The first-order chi connectivity index (χ1) is 13.0. The number of nitrogens with zero attached hydrogens (tertiary/aromatic N) is 3. The van der Waals surface area contributed by atoms with Gasteiger partial charge in [0.25, 0.3) is 0 Å². The van der Waals surface area contributed by atoms with Crippen molar-refractivity contribution in [3.8, 4) is 0 Å². The van der Waals surface area contributed by atoms with E-state index in [4.69, 9.17) is 0 Å². The molecule has 2 aromatic rings. The van der Waals surface area contributed by atoms with Crippen molar-refractivity contribution in [1.29, 1.82) is 0 Å². The van der Waals surface area contributed by atoms with E-state index in [9.17, 15) is 13.6 Å². The van der Waals surface area contributed by atoms with Gasteiger partial charge in [0.1, 0.15) is 17.5 Å². The van der Waals surface area contributed by atoms with E-state index in [1.54, 1.807) is 6.20 Å². The van der Waals surface area contributed by atoms with Gasteiger partial charge in [0.05, 0.1) is 12.1 Å². The Kier molecular flexibility index (Phi) is 4.95. The van der Waals surface area contributed by atoms with Crippen molar-refractivity contribution in [2.75, 3.05) is 18.4 Å². The number of hydrogen-bond acceptors (Lipinski definition) is 3. The highest BCUT2D eigenvalue weighted by atomic mass is 19.1. The lowest BCUT2D eigenvalue weighted by Gasteiger charge is -2.31. The number of nitrogens with one attached hydrogen (secondary N) is 1. The van der Waals surface area contributed by atoms with Crippen LogP contribution in [0.3, 0.4) is 0 Å². The average Bonchev–Trinajstić information content (AvgIpc) is 3.21. The molecule has 5 nitrogen and oxygen atoms in total. The van der Waals surface area contributed by atoms with E-state index < -0.39 is 11.6 Å². The molecule has 1 saturated heterocycles. The number of amides is 1. The van der Waals surface area contributed by atoms with Gasteiger partial charge in [-0.1, -0.05) is 6.42 Å². The fraction of sp³-hybridized carbons (Fsp3) is 0.500. The van der Waals surface area contributed by atoms with Crippen LogP contribution >= 0.6 is 0 Å². The monoisotopic (exact) mass is 374 g/mol. The Hall–Kier alpha value is -2.28. The first kappa shape index (κ1) is 18.1. The molecule has 0 unspecified atom stereocenters. The number of piperidine rings is 1. The topological polar surface area (TPSA) is 50.2 Å². The molecule has 7 heteroatoms. The molecule has 0 spiro atoms. The van der Waals surface area contributed by atoms with E-state index >= 15 is 0 Å². The fourth-order valence-electron chi connectivity index (χ4n) is 4.15. The molecule has 144 valence electrons. The molecule has 1 amide bonds. The number of carbonyl (C=O) groups excluding carboxylic acids is 1. The molecule has 3 heterocycles. The van der Waals surface area contributed by atoms with E-state index in [0.717, 1.165) is 44.2 Å². The van der Waals surface area contributed by atoms with E-state index in [1.807, 2.05) is 11.5 Å². The van der Waals surface area contributed by atoms with Crippen LogP contribution in [0.5, 0.6) is 0 Å². The largest absolute Gasteiger partial charge is 0.325 e. The molecule has 4 rings (SSSR count). The van der Waals surface area contributed by atoms with E-state index in [0.29, 0.717) is 17.8 Å². The van der Waals surface area contributed by atoms with Crippen molar-refractivity contribution in [2.24, 2.45) is 0 Å². The van der Waals surface area contributed by atoms with Crippen LogP contribution in [0, 0.1) is 11.6 Å². The second kappa shape index (κ2) is 7.38. The van der Waals surface area contributed by atoms with E-state index in [2.05, 4.69) is 15.2 Å². The Morgan fingerprint density at radius 1 is 1.19 bits per heavy atom. The number of likely N-dealkylation sites (tertiary alicyclic amines) is 1. The minimum Gasteiger partial charge on any atom is -0.325 e. The lowest BCUT2D eigenvalue weighted by atomic mass is 10.0. The number of carbonyl (C=O) groups is 1. The third-order valence-electron chi connectivity index (χ3n) is 5.62. The summed E-state index contributed by atoms with van der Waals surface area (Å²) in [6.45, 7) is 3.81. The van der Waals surface area contributed by atoms with Gasteiger partial charge in [0, 0.05) is 18.7 Å². The summed E-state index contributed by atoms with van der Waals surface area (Å²) in [4.78, 5) is 19.3. The Balaban J connectivity index is 1.48. The maximum absolute atomic E-state index is 13.6. The van der Waals surface area contributed by atoms with Crippen LogP contribution in [0.2, 0.25) is 0 Å². The maximum atomic E-state index is 13.6. The summed E-state index contributed by atoms with van der Waals surface area (Å²) in [5.74, 6) is 0.0953. The minimum absolute atomic E-state index is 0.0676. The number of halogens is 2. The van der Waals surface area contributed by atoms with Crippen LogP contribution in [0.1, 0.15) is 50.0 Å². The second-order valence-corrected chi connectivity index (χ2v) is 7.47. The van der Waals surface area contributed by atoms with Gasteiger partial charge in [-0.2, -0.15) is 0 Å². The molecule has 0 radical (unpaired) electrons. The zero-order valence-corrected chi connectivity index (χ0v) is 15.4. The molecular formula is C20H24F2N4O. The Labute approximate surface area is 157 Å². The van der Waals surface area contributed by atoms with Gasteiger partial charge in [-0.25, -0.2) is 13.8 Å². The quantitative estimate of drug-likeness (QED) is 0.891. The van der Waals surface area contributed by atoms with E-state index in [-0.39, 0.29) is 18.0 Å². The van der Waals surface area contributed by atoms with Crippen LogP contribution in [0.25, 0.3) is 0 Å². The van der Waals surface area contributed by atoms with Crippen LogP contribution in [0.4, 0.5) is 14.6 Å². The third kappa shape index (κ3) is 3.74. The summed E-state index contributed by atoms with van der Waals surface area (Å²) in [7, 11) is 0. The Morgan fingerprint density at radius 3 is 2.59 bits per heavy atom. The van der Waals surface area contributed by atoms with Crippen molar-refractivity contribution in [2.45, 2.75) is 51.1 Å². The number of benzene rings is 1. The van der Waals surface area contributed by atoms with Gasteiger partial charge in [-0.3, -0.25) is 9.69 Å². The van der Waals surface area contributed by atoms with Gasteiger partial charge in [-0.05, 0) is 57.0 Å². The van der Waals surface area contributed by atoms with Crippen molar-refractivity contribution < 1.29 is 13.6 Å². The number of fused-ring (bicyclic) bond motifs is 1. The van der Waals surface area contributed by atoms with Gasteiger partial charge in [-0.15, -0.1) is 0 Å². The van der Waals surface area contributed by atoms with Crippen molar-refractivity contribution in [3.05, 3.63) is 47.4 Å². The van der Waals surface area contributed by atoms with Crippen LogP contribution in [0.15, 0.2) is 24.4 Å². The predicted molar refractivity (Wildman–Crippen MR) is 98.6 cm³/mol. The molecule has 0 saturated carbocycles. The molecule has 1 aromatic carbocycles.